The lowest BCUT2D eigenvalue weighted by Crippen LogP contribution is -2.51. The van der Waals surface area contributed by atoms with Crippen LogP contribution in [0.4, 0.5) is 0 Å². The molecule has 1 fully saturated rings. The maximum atomic E-state index is 13.0. The molecule has 0 saturated carbocycles. The van der Waals surface area contributed by atoms with Gasteiger partial charge in [0.15, 0.2) is 5.78 Å². The highest BCUT2D eigenvalue weighted by atomic mass is 16.3. The lowest BCUT2D eigenvalue weighted by molar-refractivity contribution is -0.0285. The molecule has 0 aromatic heterocycles. The number of aryl methyl sites for hydroxylation is 1. The first kappa shape index (κ1) is 20.7. The Morgan fingerprint density at radius 2 is 1.61 bits per heavy atom. The molecule has 3 rings (SSSR count). The number of Topliss-reactive ketones (excluding diaryl/α,β-unsaturated/α-hetero) is 1. The van der Waals surface area contributed by atoms with Crippen LogP contribution in [0.25, 0.3) is 0 Å². The monoisotopic (exact) mass is 381 g/mol. The van der Waals surface area contributed by atoms with Gasteiger partial charge in [-0.25, -0.2) is 0 Å². The number of carbonyl (C=O) groups is 1. The summed E-state index contributed by atoms with van der Waals surface area (Å²) in [5.41, 5.74) is 3.18. The van der Waals surface area contributed by atoms with Gasteiger partial charge in [-0.1, -0.05) is 61.0 Å². The Balaban J connectivity index is 1.62. The molecule has 1 atom stereocenters. The molecule has 2 aromatic carbocycles. The van der Waals surface area contributed by atoms with E-state index in [9.17, 15) is 15.0 Å². The molecule has 1 unspecified atom stereocenters. The van der Waals surface area contributed by atoms with Gasteiger partial charge >= 0.3 is 0 Å². The van der Waals surface area contributed by atoms with Crippen LogP contribution in [0.15, 0.2) is 48.5 Å². The van der Waals surface area contributed by atoms with Crippen molar-refractivity contribution in [2.75, 3.05) is 13.1 Å². The van der Waals surface area contributed by atoms with E-state index < -0.39 is 5.60 Å². The van der Waals surface area contributed by atoms with Crippen molar-refractivity contribution >= 4 is 5.78 Å². The van der Waals surface area contributed by atoms with Gasteiger partial charge in [0.1, 0.15) is 0 Å². The van der Waals surface area contributed by atoms with E-state index in [0.29, 0.717) is 24.8 Å². The van der Waals surface area contributed by atoms with Crippen molar-refractivity contribution in [2.24, 2.45) is 0 Å². The largest absolute Gasteiger partial charge is 0.392 e. The minimum absolute atomic E-state index is 0.0165. The number of benzene rings is 2. The Labute approximate surface area is 167 Å². The maximum absolute atomic E-state index is 13.0. The van der Waals surface area contributed by atoms with Crippen molar-refractivity contribution in [3.8, 4) is 0 Å². The van der Waals surface area contributed by atoms with E-state index in [4.69, 9.17) is 0 Å². The van der Waals surface area contributed by atoms with Crippen LogP contribution in [0, 0.1) is 6.92 Å². The predicted octanol–water partition coefficient (Wildman–Crippen LogP) is 3.52. The molecular formula is C24H31NO3. The number of aliphatic hydroxyl groups is 2. The van der Waals surface area contributed by atoms with Gasteiger partial charge in [-0.3, -0.25) is 9.69 Å². The second kappa shape index (κ2) is 8.99. The summed E-state index contributed by atoms with van der Waals surface area (Å²) in [7, 11) is 0. The van der Waals surface area contributed by atoms with Crippen molar-refractivity contribution in [1.29, 1.82) is 0 Å². The highest BCUT2D eigenvalue weighted by Crippen LogP contribution is 2.29. The zero-order valence-corrected chi connectivity index (χ0v) is 16.9. The molecule has 0 amide bonds. The summed E-state index contributed by atoms with van der Waals surface area (Å²) in [6.45, 7) is 5.54. The van der Waals surface area contributed by atoms with E-state index >= 15 is 0 Å². The first-order valence-electron chi connectivity index (χ1n) is 10.2. The predicted molar refractivity (Wildman–Crippen MR) is 111 cm³/mol. The normalized spacial score (nSPS) is 18.0. The van der Waals surface area contributed by atoms with Gasteiger partial charge in [-0.15, -0.1) is 0 Å². The van der Waals surface area contributed by atoms with E-state index in [1.807, 2.05) is 6.92 Å². The van der Waals surface area contributed by atoms with E-state index in [0.717, 1.165) is 30.6 Å². The number of aliphatic hydroxyl groups excluding tert-OH is 1. The van der Waals surface area contributed by atoms with Crippen LogP contribution >= 0.6 is 0 Å². The summed E-state index contributed by atoms with van der Waals surface area (Å²) < 4.78 is 0. The minimum atomic E-state index is -0.699. The third-order valence-electron chi connectivity index (χ3n) is 5.93. The van der Waals surface area contributed by atoms with Crippen molar-refractivity contribution in [2.45, 2.75) is 57.8 Å². The van der Waals surface area contributed by atoms with Crippen molar-refractivity contribution in [1.82, 2.24) is 4.90 Å². The molecular weight excluding hydrogens is 350 g/mol. The Morgan fingerprint density at radius 1 is 1.04 bits per heavy atom. The van der Waals surface area contributed by atoms with Crippen LogP contribution in [-0.4, -0.2) is 45.6 Å². The van der Waals surface area contributed by atoms with Gasteiger partial charge in [0.25, 0.3) is 0 Å². The van der Waals surface area contributed by atoms with E-state index in [1.54, 1.807) is 24.3 Å². The minimum Gasteiger partial charge on any atom is -0.392 e. The Morgan fingerprint density at radius 3 is 2.14 bits per heavy atom. The summed E-state index contributed by atoms with van der Waals surface area (Å²) >= 11 is 0. The second-order valence-corrected chi connectivity index (χ2v) is 8.07. The number of rotatable bonds is 7. The van der Waals surface area contributed by atoms with Crippen LogP contribution < -0.4 is 0 Å². The van der Waals surface area contributed by atoms with Crippen molar-refractivity contribution < 1.29 is 15.0 Å². The SMILES string of the molecule is CCC(C(=O)c1ccc(CO)cc1)N1CCC(O)(Cc2ccc(C)cc2)CC1. The molecule has 0 spiro atoms. The number of carbonyl (C=O) groups excluding carboxylic acids is 1. The molecule has 0 bridgehead atoms. The molecule has 1 aliphatic heterocycles. The van der Waals surface area contributed by atoms with Crippen LogP contribution in [0.2, 0.25) is 0 Å². The van der Waals surface area contributed by atoms with E-state index in [2.05, 4.69) is 36.1 Å². The molecule has 28 heavy (non-hydrogen) atoms. The molecule has 1 heterocycles. The molecule has 2 aromatic rings. The van der Waals surface area contributed by atoms with E-state index in [1.165, 1.54) is 5.56 Å². The zero-order valence-electron chi connectivity index (χ0n) is 16.9. The molecule has 0 aliphatic carbocycles. The smallest absolute Gasteiger partial charge is 0.179 e. The number of piperidine rings is 1. The second-order valence-electron chi connectivity index (χ2n) is 8.07. The fourth-order valence-corrected chi connectivity index (χ4v) is 4.09. The van der Waals surface area contributed by atoms with E-state index in [-0.39, 0.29) is 18.4 Å². The average molecular weight is 382 g/mol. The Kier molecular flexibility index (Phi) is 6.65. The van der Waals surface area contributed by atoms with Crippen LogP contribution in [0.3, 0.4) is 0 Å². The summed E-state index contributed by atoms with van der Waals surface area (Å²) in [4.78, 5) is 15.2. The topological polar surface area (TPSA) is 60.8 Å². The first-order valence-corrected chi connectivity index (χ1v) is 10.2. The quantitative estimate of drug-likeness (QED) is 0.721. The molecule has 1 saturated heterocycles. The third-order valence-corrected chi connectivity index (χ3v) is 5.93. The summed E-state index contributed by atoms with van der Waals surface area (Å²) in [5.74, 6) is 0.121. The Bertz CT molecular complexity index is 775. The van der Waals surface area contributed by atoms with Gasteiger partial charge in [0, 0.05) is 25.1 Å². The lowest BCUT2D eigenvalue weighted by atomic mass is 9.84. The highest BCUT2D eigenvalue weighted by molar-refractivity contribution is 6.00. The van der Waals surface area contributed by atoms with Gasteiger partial charge < -0.3 is 10.2 Å². The number of hydrogen-bond donors (Lipinski definition) is 2. The van der Waals surface area contributed by atoms with Gasteiger partial charge in [0.05, 0.1) is 18.2 Å². The summed E-state index contributed by atoms with van der Waals surface area (Å²) in [6.07, 6.45) is 2.76. The fourth-order valence-electron chi connectivity index (χ4n) is 4.09. The van der Waals surface area contributed by atoms with Gasteiger partial charge in [-0.2, -0.15) is 0 Å². The number of nitrogens with zero attached hydrogens (tertiary/aromatic N) is 1. The number of likely N-dealkylation sites (tertiary alicyclic amines) is 1. The number of hydrogen-bond acceptors (Lipinski definition) is 4. The Hall–Kier alpha value is -2.01. The van der Waals surface area contributed by atoms with Crippen molar-refractivity contribution in [3.05, 3.63) is 70.8 Å². The van der Waals surface area contributed by atoms with Gasteiger partial charge in [-0.05, 0) is 37.3 Å². The highest BCUT2D eigenvalue weighted by Gasteiger charge is 2.36. The number of ketones is 1. The van der Waals surface area contributed by atoms with Gasteiger partial charge in [0.2, 0.25) is 0 Å². The first-order chi connectivity index (χ1) is 13.4. The van der Waals surface area contributed by atoms with Crippen molar-refractivity contribution in [3.63, 3.8) is 0 Å². The summed E-state index contributed by atoms with van der Waals surface area (Å²) in [6, 6.07) is 15.4. The third kappa shape index (κ3) is 4.88. The molecule has 4 heteroatoms. The van der Waals surface area contributed by atoms with Crippen LogP contribution in [0.1, 0.15) is 53.2 Å². The standard InChI is InChI=1S/C24H31NO3/c1-3-22(23(27)21-10-8-20(17-26)9-11-21)25-14-12-24(28,13-15-25)16-19-6-4-18(2)5-7-19/h4-11,22,26,28H,3,12-17H2,1-2H3. The molecule has 1 aliphatic rings. The van der Waals surface area contributed by atoms with Crippen LogP contribution in [-0.2, 0) is 13.0 Å². The average Bonchev–Trinajstić information content (AvgIpc) is 2.72. The molecule has 2 N–H and O–H groups in total. The lowest BCUT2D eigenvalue weighted by Gasteiger charge is -2.41. The molecule has 150 valence electrons. The van der Waals surface area contributed by atoms with Crippen LogP contribution in [0.5, 0.6) is 0 Å². The zero-order chi connectivity index (χ0) is 20.1. The maximum Gasteiger partial charge on any atom is 0.179 e. The molecule has 4 nitrogen and oxygen atoms in total. The summed E-state index contributed by atoms with van der Waals surface area (Å²) in [5, 5.41) is 20.2. The molecule has 0 radical (unpaired) electrons. The fraction of sp³-hybridized carbons (Fsp3) is 0.458.